The molecule has 0 aromatic heterocycles. The minimum Gasteiger partial charge on any atom is -0.465 e. The van der Waals surface area contributed by atoms with Crippen LogP contribution in [0.3, 0.4) is 0 Å². The van der Waals surface area contributed by atoms with Crippen molar-refractivity contribution >= 4 is 11.9 Å². The first kappa shape index (κ1) is 23.9. The molecule has 1 aliphatic carbocycles. The molecule has 1 saturated heterocycles. The summed E-state index contributed by atoms with van der Waals surface area (Å²) in [5.74, 6) is -1.20. The maximum absolute atomic E-state index is 12.5. The summed E-state index contributed by atoms with van der Waals surface area (Å²) in [6, 6.07) is 0. The van der Waals surface area contributed by atoms with Gasteiger partial charge in [0.25, 0.3) is 0 Å². The lowest BCUT2D eigenvalue weighted by atomic mass is 9.95. The second kappa shape index (κ2) is 11.1. The van der Waals surface area contributed by atoms with E-state index in [1.54, 1.807) is 13.8 Å². The molecule has 0 radical (unpaired) electrons. The van der Waals surface area contributed by atoms with E-state index in [1.165, 1.54) is 0 Å². The molecule has 2 aliphatic rings. The van der Waals surface area contributed by atoms with Crippen LogP contribution in [-0.2, 0) is 28.5 Å². The molecule has 29 heavy (non-hydrogen) atoms. The molecule has 2 fully saturated rings. The maximum atomic E-state index is 12.5. The molecule has 0 aromatic carbocycles. The summed E-state index contributed by atoms with van der Waals surface area (Å²) in [5.41, 5.74) is -1.69. The summed E-state index contributed by atoms with van der Waals surface area (Å²) in [5, 5.41) is 0. The molecular weight excluding hydrogens is 372 g/mol. The van der Waals surface area contributed by atoms with Gasteiger partial charge in [-0.05, 0) is 52.9 Å². The number of carbonyl (C=O) groups is 2. The van der Waals surface area contributed by atoms with Crippen LogP contribution in [0, 0.1) is 11.3 Å². The minimum absolute atomic E-state index is 0.195. The van der Waals surface area contributed by atoms with E-state index in [9.17, 15) is 9.59 Å². The van der Waals surface area contributed by atoms with Crippen molar-refractivity contribution in [3.05, 3.63) is 12.2 Å². The predicted octanol–water partition coefficient (Wildman–Crippen LogP) is 4.56. The normalized spacial score (nSPS) is 25.4. The van der Waals surface area contributed by atoms with Gasteiger partial charge in [-0.15, -0.1) is 0 Å². The van der Waals surface area contributed by atoms with Crippen molar-refractivity contribution in [1.82, 2.24) is 0 Å². The molecule has 3 unspecified atom stereocenters. The van der Waals surface area contributed by atoms with Crippen LogP contribution >= 0.6 is 0 Å². The number of carbonyl (C=O) groups excluding carboxylic acids is 2. The summed E-state index contributed by atoms with van der Waals surface area (Å²) >= 11 is 0. The van der Waals surface area contributed by atoms with Crippen LogP contribution in [0.25, 0.3) is 0 Å². The van der Waals surface area contributed by atoms with Gasteiger partial charge in [0.05, 0.1) is 18.8 Å². The van der Waals surface area contributed by atoms with Crippen LogP contribution in [0.5, 0.6) is 0 Å². The summed E-state index contributed by atoms with van der Waals surface area (Å²) < 4.78 is 22.5. The fourth-order valence-corrected chi connectivity index (χ4v) is 3.92. The molecule has 6 nitrogen and oxygen atoms in total. The lowest BCUT2D eigenvalue weighted by Gasteiger charge is -2.33. The monoisotopic (exact) mass is 410 g/mol. The van der Waals surface area contributed by atoms with Crippen LogP contribution in [-0.4, -0.2) is 43.7 Å². The standard InChI is InChI=1S/C23H38O6/c1-5-8-10-14-22(4,29-19-12-9-11-16-28-19)15-13-18-17-23(18,20(24)26-6-2)21(25)27-7-3/h13,15,18-19H,5-12,14,16-17H2,1-4H3/b15-13+. The van der Waals surface area contributed by atoms with Crippen LogP contribution in [0.2, 0.25) is 0 Å². The van der Waals surface area contributed by atoms with E-state index in [4.69, 9.17) is 18.9 Å². The van der Waals surface area contributed by atoms with Gasteiger partial charge in [0, 0.05) is 12.5 Å². The molecule has 3 atom stereocenters. The van der Waals surface area contributed by atoms with E-state index < -0.39 is 23.0 Å². The zero-order valence-electron chi connectivity index (χ0n) is 18.5. The Kier molecular flexibility index (Phi) is 9.15. The molecule has 0 bridgehead atoms. The fraction of sp³-hybridized carbons (Fsp3) is 0.826. The Balaban J connectivity index is 2.11. The number of hydrogen-bond donors (Lipinski definition) is 0. The Hall–Kier alpha value is -1.40. The largest absolute Gasteiger partial charge is 0.465 e. The molecule has 0 amide bonds. The highest BCUT2D eigenvalue weighted by molar-refractivity contribution is 6.04. The van der Waals surface area contributed by atoms with Crippen molar-refractivity contribution in [2.75, 3.05) is 19.8 Å². The Morgan fingerprint density at radius 1 is 1.10 bits per heavy atom. The topological polar surface area (TPSA) is 71.1 Å². The Bertz CT molecular complexity index is 548. The number of rotatable bonds is 12. The van der Waals surface area contributed by atoms with E-state index in [0.717, 1.165) is 51.6 Å². The molecule has 0 aromatic rings. The van der Waals surface area contributed by atoms with Gasteiger partial charge in [-0.3, -0.25) is 9.59 Å². The zero-order valence-corrected chi connectivity index (χ0v) is 18.5. The second-order valence-corrected chi connectivity index (χ2v) is 8.27. The summed E-state index contributed by atoms with van der Waals surface area (Å²) in [4.78, 5) is 25.0. The van der Waals surface area contributed by atoms with Crippen LogP contribution in [0.15, 0.2) is 12.2 Å². The van der Waals surface area contributed by atoms with Crippen molar-refractivity contribution in [2.24, 2.45) is 11.3 Å². The van der Waals surface area contributed by atoms with Crippen molar-refractivity contribution in [3.63, 3.8) is 0 Å². The van der Waals surface area contributed by atoms with E-state index in [1.807, 2.05) is 12.2 Å². The quantitative estimate of drug-likeness (QED) is 0.203. The summed E-state index contributed by atoms with van der Waals surface area (Å²) in [6.07, 6.45) is 11.5. The van der Waals surface area contributed by atoms with E-state index in [-0.39, 0.29) is 25.4 Å². The molecular formula is C23H38O6. The molecule has 2 rings (SSSR count). The number of allylic oxidation sites excluding steroid dienone is 1. The van der Waals surface area contributed by atoms with E-state index in [0.29, 0.717) is 6.42 Å². The second-order valence-electron chi connectivity index (χ2n) is 8.27. The van der Waals surface area contributed by atoms with Crippen molar-refractivity contribution in [1.29, 1.82) is 0 Å². The van der Waals surface area contributed by atoms with Gasteiger partial charge in [0.2, 0.25) is 0 Å². The minimum atomic E-state index is -1.20. The number of esters is 2. The highest BCUT2D eigenvalue weighted by atomic mass is 16.7. The van der Waals surface area contributed by atoms with Crippen LogP contribution in [0.1, 0.15) is 79.1 Å². The van der Waals surface area contributed by atoms with Gasteiger partial charge < -0.3 is 18.9 Å². The third kappa shape index (κ3) is 6.29. The average Bonchev–Trinajstić information content (AvgIpc) is 3.44. The summed E-state index contributed by atoms with van der Waals surface area (Å²) in [6.45, 7) is 8.95. The SMILES string of the molecule is CCCCCC(C)(/C=C/C1CC1(C(=O)OCC)C(=O)OCC)OC1CCCCO1. The first-order valence-corrected chi connectivity index (χ1v) is 11.2. The Morgan fingerprint density at radius 3 is 2.34 bits per heavy atom. The predicted molar refractivity (Wildman–Crippen MR) is 110 cm³/mol. The van der Waals surface area contributed by atoms with Gasteiger partial charge in [-0.2, -0.15) is 0 Å². The summed E-state index contributed by atoms with van der Waals surface area (Å²) in [7, 11) is 0. The number of hydrogen-bond acceptors (Lipinski definition) is 6. The van der Waals surface area contributed by atoms with Gasteiger partial charge in [-0.1, -0.05) is 38.3 Å². The number of ether oxygens (including phenoxy) is 4. The fourth-order valence-electron chi connectivity index (χ4n) is 3.92. The van der Waals surface area contributed by atoms with Gasteiger partial charge >= 0.3 is 11.9 Å². The molecule has 0 spiro atoms. The van der Waals surface area contributed by atoms with Crippen molar-refractivity contribution in [2.45, 2.75) is 91.0 Å². The van der Waals surface area contributed by atoms with Crippen LogP contribution in [0.4, 0.5) is 0 Å². The van der Waals surface area contributed by atoms with Crippen LogP contribution < -0.4 is 0 Å². The molecule has 166 valence electrons. The molecule has 1 saturated carbocycles. The maximum Gasteiger partial charge on any atom is 0.324 e. The lowest BCUT2D eigenvalue weighted by Crippen LogP contribution is -2.35. The number of unbranched alkanes of at least 4 members (excludes halogenated alkanes) is 2. The van der Waals surface area contributed by atoms with Gasteiger partial charge in [0.15, 0.2) is 11.7 Å². The average molecular weight is 411 g/mol. The van der Waals surface area contributed by atoms with Gasteiger partial charge in [-0.25, -0.2) is 0 Å². The first-order valence-electron chi connectivity index (χ1n) is 11.2. The molecule has 1 heterocycles. The van der Waals surface area contributed by atoms with Crippen molar-refractivity contribution in [3.8, 4) is 0 Å². The van der Waals surface area contributed by atoms with E-state index in [2.05, 4.69) is 13.8 Å². The first-order chi connectivity index (χ1) is 13.9. The Labute approximate surface area is 175 Å². The lowest BCUT2D eigenvalue weighted by molar-refractivity contribution is -0.208. The smallest absolute Gasteiger partial charge is 0.324 e. The van der Waals surface area contributed by atoms with E-state index >= 15 is 0 Å². The molecule has 6 heteroatoms. The molecule has 1 aliphatic heterocycles. The zero-order chi connectivity index (χ0) is 21.3. The van der Waals surface area contributed by atoms with Gasteiger partial charge in [0.1, 0.15) is 0 Å². The Morgan fingerprint density at radius 2 is 1.79 bits per heavy atom. The van der Waals surface area contributed by atoms with Crippen molar-refractivity contribution < 1.29 is 28.5 Å². The highest BCUT2D eigenvalue weighted by Crippen LogP contribution is 2.55. The molecule has 0 N–H and O–H groups in total. The third-order valence-corrected chi connectivity index (χ3v) is 5.79. The highest BCUT2D eigenvalue weighted by Gasteiger charge is 2.67. The third-order valence-electron chi connectivity index (χ3n) is 5.79.